The van der Waals surface area contributed by atoms with Gasteiger partial charge >= 0.3 is 6.09 Å². The van der Waals surface area contributed by atoms with Crippen LogP contribution in [0.1, 0.15) is 96.1 Å². The third-order valence-corrected chi connectivity index (χ3v) is 5.40. The molecule has 4 heteroatoms. The van der Waals surface area contributed by atoms with Gasteiger partial charge in [-0.25, -0.2) is 9.36 Å². The first-order valence-corrected chi connectivity index (χ1v) is 11.5. The molecule has 31 heavy (non-hydrogen) atoms. The molecule has 0 saturated heterocycles. The summed E-state index contributed by atoms with van der Waals surface area (Å²) in [5, 5.41) is 0.889. The highest BCUT2D eigenvalue weighted by atomic mass is 16.6. The van der Waals surface area contributed by atoms with Gasteiger partial charge in [-0.2, -0.15) is 0 Å². The van der Waals surface area contributed by atoms with Gasteiger partial charge in [0.15, 0.2) is 0 Å². The molecule has 1 aromatic carbocycles. The van der Waals surface area contributed by atoms with E-state index in [2.05, 4.69) is 26.5 Å². The van der Waals surface area contributed by atoms with Crippen LogP contribution in [0.3, 0.4) is 0 Å². The number of nitrogens with zero attached hydrogens (tertiary/aromatic N) is 1. The number of unbranched alkanes of at least 4 members (excludes halogenated alkanes) is 2. The van der Waals surface area contributed by atoms with Crippen LogP contribution >= 0.6 is 0 Å². The summed E-state index contributed by atoms with van der Waals surface area (Å²) >= 11 is 0. The molecule has 0 N–H and O–H groups in total. The van der Waals surface area contributed by atoms with Crippen LogP contribution in [0.5, 0.6) is 0 Å². The molecule has 0 aliphatic heterocycles. The molecule has 0 aliphatic carbocycles. The highest BCUT2D eigenvalue weighted by molar-refractivity contribution is 6.14. The largest absolute Gasteiger partial charge is 0.443 e. The number of Topliss-reactive ketones (excluding diaryl/α,β-unsaturated/α-hetero) is 1. The zero-order chi connectivity index (χ0) is 23.2. The average molecular weight is 424 g/mol. The Bertz CT molecular complexity index is 1010. The maximum atomic E-state index is 13.8. The summed E-state index contributed by atoms with van der Waals surface area (Å²) in [7, 11) is 0. The van der Waals surface area contributed by atoms with Crippen molar-refractivity contribution in [3.8, 4) is 0 Å². The smallest absolute Gasteiger partial charge is 0.419 e. The van der Waals surface area contributed by atoms with E-state index in [0.29, 0.717) is 23.2 Å². The molecule has 1 aromatic heterocycles. The predicted octanol–water partition coefficient (Wildman–Crippen LogP) is 7.77. The van der Waals surface area contributed by atoms with Crippen LogP contribution in [0.25, 0.3) is 10.9 Å². The lowest BCUT2D eigenvalue weighted by atomic mass is 9.98. The van der Waals surface area contributed by atoms with Gasteiger partial charge in [0.05, 0.1) is 5.52 Å². The van der Waals surface area contributed by atoms with Crippen molar-refractivity contribution in [3.63, 3.8) is 0 Å². The average Bonchev–Trinajstić information content (AvgIpc) is 3.02. The van der Waals surface area contributed by atoms with Gasteiger partial charge in [-0.3, -0.25) is 4.79 Å². The minimum atomic E-state index is -0.659. The number of aryl methyl sites for hydroxylation is 1. The molecule has 0 amide bonds. The van der Waals surface area contributed by atoms with Crippen LogP contribution in [0, 0.1) is 6.92 Å². The van der Waals surface area contributed by atoms with Crippen molar-refractivity contribution >= 4 is 22.8 Å². The van der Waals surface area contributed by atoms with E-state index in [4.69, 9.17) is 4.74 Å². The van der Waals surface area contributed by atoms with Gasteiger partial charge in [-0.15, -0.1) is 5.73 Å². The quantitative estimate of drug-likeness (QED) is 0.189. The van der Waals surface area contributed by atoms with Crippen LogP contribution < -0.4 is 0 Å². The number of hydrogen-bond acceptors (Lipinski definition) is 3. The Balaban J connectivity index is 2.72. The van der Waals surface area contributed by atoms with Crippen LogP contribution in [-0.2, 0) is 4.74 Å². The number of rotatable bonds is 8. The third-order valence-electron chi connectivity index (χ3n) is 5.40. The molecule has 168 valence electrons. The molecule has 0 bridgehead atoms. The second-order valence-corrected chi connectivity index (χ2v) is 9.01. The summed E-state index contributed by atoms with van der Waals surface area (Å²) < 4.78 is 7.13. The standard InChI is InChI=1S/C27H37NO3/c1-8-11-12-15-21(18-20(9-2)10-3)25(29)24-19(4)22-16-13-14-17-23(22)28(24)26(30)31-27(5,6)7/h13-14,16-17H,8-12,15H2,1-7H3. The highest BCUT2D eigenvalue weighted by Gasteiger charge is 2.29. The Morgan fingerprint density at radius 3 is 2.26 bits per heavy atom. The van der Waals surface area contributed by atoms with E-state index in [0.717, 1.165) is 48.6 Å². The molecule has 1 heterocycles. The summed E-state index contributed by atoms with van der Waals surface area (Å²) in [6.07, 6.45) is 4.91. The van der Waals surface area contributed by atoms with Crippen molar-refractivity contribution in [2.75, 3.05) is 0 Å². The Labute approximate surface area is 187 Å². The summed E-state index contributed by atoms with van der Waals surface area (Å²) in [5.41, 5.74) is 6.42. The maximum absolute atomic E-state index is 13.8. The number of benzene rings is 1. The zero-order valence-corrected chi connectivity index (χ0v) is 20.2. The van der Waals surface area contributed by atoms with Gasteiger partial charge < -0.3 is 4.74 Å². The van der Waals surface area contributed by atoms with Gasteiger partial charge in [0.25, 0.3) is 0 Å². The molecule has 0 fully saturated rings. The van der Waals surface area contributed by atoms with Crippen molar-refractivity contribution in [2.24, 2.45) is 0 Å². The van der Waals surface area contributed by atoms with E-state index in [-0.39, 0.29) is 5.78 Å². The highest BCUT2D eigenvalue weighted by Crippen LogP contribution is 2.29. The molecule has 0 spiro atoms. The molecule has 4 nitrogen and oxygen atoms in total. The predicted molar refractivity (Wildman–Crippen MR) is 128 cm³/mol. The molecule has 0 aliphatic rings. The number of allylic oxidation sites excluding steroid dienone is 1. The Kier molecular flexibility index (Phi) is 8.47. The molecular formula is C27H37NO3. The number of carbonyl (C=O) groups is 2. The SMILES string of the molecule is CCCCCC(=C=C(CC)CC)C(=O)c1c(C)c2ccccc2n1C(=O)OC(C)(C)C. The van der Waals surface area contributed by atoms with Crippen LogP contribution in [0.2, 0.25) is 0 Å². The number of aromatic nitrogens is 1. The van der Waals surface area contributed by atoms with Crippen LogP contribution in [-0.4, -0.2) is 22.0 Å². The van der Waals surface area contributed by atoms with Crippen molar-refractivity contribution in [1.29, 1.82) is 0 Å². The molecule has 0 saturated carbocycles. The summed E-state index contributed by atoms with van der Waals surface area (Å²) in [6, 6.07) is 7.61. The van der Waals surface area contributed by atoms with Gasteiger partial charge in [0.1, 0.15) is 11.3 Å². The topological polar surface area (TPSA) is 48.3 Å². The van der Waals surface area contributed by atoms with Crippen LogP contribution in [0.4, 0.5) is 4.79 Å². The van der Waals surface area contributed by atoms with Gasteiger partial charge in [-0.1, -0.05) is 51.8 Å². The summed E-state index contributed by atoms with van der Waals surface area (Å²) in [5.74, 6) is -0.130. The first-order valence-electron chi connectivity index (χ1n) is 11.5. The molecule has 0 unspecified atom stereocenters. The monoisotopic (exact) mass is 423 g/mol. The number of fused-ring (bicyclic) bond motifs is 1. The fourth-order valence-corrected chi connectivity index (χ4v) is 3.74. The van der Waals surface area contributed by atoms with E-state index in [1.165, 1.54) is 4.57 Å². The first kappa shape index (κ1) is 24.7. The molecule has 0 radical (unpaired) electrons. The fraction of sp³-hybridized carbons (Fsp3) is 0.519. The zero-order valence-electron chi connectivity index (χ0n) is 20.2. The lowest BCUT2D eigenvalue weighted by Gasteiger charge is -2.21. The van der Waals surface area contributed by atoms with Crippen LogP contribution in [0.15, 0.2) is 41.1 Å². The fourth-order valence-electron chi connectivity index (χ4n) is 3.74. The Hall–Kier alpha value is -2.58. The van der Waals surface area contributed by atoms with E-state index in [1.807, 2.05) is 52.0 Å². The minimum absolute atomic E-state index is 0.130. The van der Waals surface area contributed by atoms with Crippen molar-refractivity contribution in [3.05, 3.63) is 52.4 Å². The lowest BCUT2D eigenvalue weighted by Crippen LogP contribution is -2.29. The number of carbonyl (C=O) groups excluding carboxylic acids is 2. The van der Waals surface area contributed by atoms with E-state index in [9.17, 15) is 9.59 Å². The van der Waals surface area contributed by atoms with E-state index >= 15 is 0 Å². The molecule has 2 aromatic rings. The minimum Gasteiger partial charge on any atom is -0.443 e. The Morgan fingerprint density at radius 2 is 1.68 bits per heavy atom. The van der Waals surface area contributed by atoms with E-state index in [1.54, 1.807) is 0 Å². The molecular weight excluding hydrogens is 386 g/mol. The first-order chi connectivity index (χ1) is 14.6. The number of ether oxygens (including phenoxy) is 1. The second-order valence-electron chi connectivity index (χ2n) is 9.01. The third kappa shape index (κ3) is 5.98. The van der Waals surface area contributed by atoms with Crippen molar-refractivity contribution < 1.29 is 14.3 Å². The number of ketones is 1. The number of para-hydroxylation sites is 1. The van der Waals surface area contributed by atoms with E-state index < -0.39 is 11.7 Å². The lowest BCUT2D eigenvalue weighted by molar-refractivity contribution is 0.0536. The summed E-state index contributed by atoms with van der Waals surface area (Å²) in [4.78, 5) is 27.0. The summed E-state index contributed by atoms with van der Waals surface area (Å²) in [6.45, 7) is 13.7. The molecule has 0 atom stereocenters. The van der Waals surface area contributed by atoms with Crippen molar-refractivity contribution in [1.82, 2.24) is 4.57 Å². The maximum Gasteiger partial charge on any atom is 0.419 e. The van der Waals surface area contributed by atoms with Gasteiger partial charge in [0, 0.05) is 11.0 Å². The normalized spacial score (nSPS) is 11.3. The van der Waals surface area contributed by atoms with Gasteiger partial charge in [0.2, 0.25) is 5.78 Å². The number of hydrogen-bond donors (Lipinski definition) is 0. The van der Waals surface area contributed by atoms with Crippen molar-refractivity contribution in [2.45, 2.75) is 92.6 Å². The second kappa shape index (κ2) is 10.6. The molecule has 2 rings (SSSR count). The Morgan fingerprint density at radius 1 is 1.03 bits per heavy atom. The van der Waals surface area contributed by atoms with Gasteiger partial charge in [-0.05, 0) is 70.6 Å².